The first-order chi connectivity index (χ1) is 14.5. The molecule has 0 bridgehead atoms. The number of carbonyl (C=O) groups is 1. The predicted molar refractivity (Wildman–Crippen MR) is 113 cm³/mol. The van der Waals surface area contributed by atoms with Crippen molar-refractivity contribution in [1.82, 2.24) is 4.90 Å². The number of ether oxygens (including phenoxy) is 2. The molecule has 0 aromatic heterocycles. The molecule has 2 aliphatic rings. The lowest BCUT2D eigenvalue weighted by molar-refractivity contribution is -0.133. The van der Waals surface area contributed by atoms with E-state index in [2.05, 4.69) is 30.5 Å². The number of carbonyl (C=O) groups excluding carboxylic acids is 1. The lowest BCUT2D eigenvalue weighted by Gasteiger charge is -2.42. The van der Waals surface area contributed by atoms with Crippen LogP contribution in [0.2, 0.25) is 0 Å². The number of nitrogens with zero attached hydrogens (tertiary/aromatic N) is 2. The van der Waals surface area contributed by atoms with E-state index in [1.165, 1.54) is 17.0 Å². The maximum atomic E-state index is 13.3. The Balaban J connectivity index is 1.84. The number of alkyl halides is 2. The second kappa shape index (κ2) is 7.21. The van der Waals surface area contributed by atoms with Crippen LogP contribution in [0.25, 0.3) is 11.1 Å². The van der Waals surface area contributed by atoms with Gasteiger partial charge in [-0.1, -0.05) is 39.0 Å². The Hall–Kier alpha value is -3.16. The molecule has 2 heterocycles. The number of aliphatic imine (C=N–C) groups is 1. The van der Waals surface area contributed by atoms with Gasteiger partial charge in [-0.3, -0.25) is 9.69 Å². The highest BCUT2D eigenvalue weighted by atomic mass is 19.3. The van der Waals surface area contributed by atoms with Gasteiger partial charge >= 0.3 is 6.61 Å². The van der Waals surface area contributed by atoms with Gasteiger partial charge in [-0.25, -0.2) is 4.99 Å². The number of halogens is 2. The summed E-state index contributed by atoms with van der Waals surface area (Å²) >= 11 is 0. The van der Waals surface area contributed by atoms with Crippen LogP contribution in [0.3, 0.4) is 0 Å². The number of hydrogen-bond donors (Lipinski definition) is 1. The van der Waals surface area contributed by atoms with Crippen molar-refractivity contribution in [2.75, 3.05) is 7.05 Å². The number of fused-ring (bicyclic) bond motifs is 2. The Morgan fingerprint density at radius 2 is 1.94 bits per heavy atom. The number of guanidine groups is 1. The quantitative estimate of drug-likeness (QED) is 0.796. The minimum absolute atomic E-state index is 0.0583. The highest BCUT2D eigenvalue weighted by Crippen LogP contribution is 2.49. The van der Waals surface area contributed by atoms with Crippen LogP contribution in [0.4, 0.5) is 8.78 Å². The summed E-state index contributed by atoms with van der Waals surface area (Å²) in [6, 6.07) is 11.9. The van der Waals surface area contributed by atoms with Gasteiger partial charge in [0.2, 0.25) is 0 Å². The summed E-state index contributed by atoms with van der Waals surface area (Å²) in [6.45, 7) is 3.24. The molecule has 2 aliphatic heterocycles. The summed E-state index contributed by atoms with van der Waals surface area (Å²) in [5.41, 5.74) is 6.63. The maximum Gasteiger partial charge on any atom is 0.387 e. The Labute approximate surface area is 179 Å². The molecule has 2 aromatic rings. The number of hydrogen-bond acceptors (Lipinski definition) is 5. The number of rotatable bonds is 3. The second-order valence-electron chi connectivity index (χ2n) is 8.99. The van der Waals surface area contributed by atoms with Crippen molar-refractivity contribution in [1.29, 1.82) is 0 Å². The summed E-state index contributed by atoms with van der Waals surface area (Å²) in [7, 11) is 1.60. The Kier molecular flexibility index (Phi) is 4.91. The van der Waals surface area contributed by atoms with Gasteiger partial charge in [-0.2, -0.15) is 8.78 Å². The molecule has 1 amide bonds. The second-order valence-corrected chi connectivity index (χ2v) is 8.99. The van der Waals surface area contributed by atoms with Crippen LogP contribution in [0.5, 0.6) is 11.5 Å². The minimum atomic E-state index is -2.91. The standard InChI is InChI=1S/C23H25F2N3O3/c1-22(2,3)18-12-23(19(29)28(4)21(26)27-23)16-11-14(8-9-17(16)31-18)13-6-5-7-15(10-13)30-20(24)25/h5-11,18,20H,12H2,1-4H3,(H2,26,27)/t18?,23-/m0/s1. The molecule has 0 saturated carbocycles. The Morgan fingerprint density at radius 1 is 1.23 bits per heavy atom. The fourth-order valence-corrected chi connectivity index (χ4v) is 4.05. The van der Waals surface area contributed by atoms with Crippen molar-refractivity contribution in [2.45, 2.75) is 45.4 Å². The first-order valence-electron chi connectivity index (χ1n) is 10.0. The largest absolute Gasteiger partial charge is 0.489 e. The van der Waals surface area contributed by atoms with Crippen molar-refractivity contribution in [3.8, 4) is 22.6 Å². The minimum Gasteiger partial charge on any atom is -0.489 e. The monoisotopic (exact) mass is 429 g/mol. The summed E-state index contributed by atoms with van der Waals surface area (Å²) in [6.07, 6.45) is 0.103. The van der Waals surface area contributed by atoms with Crippen LogP contribution in [0.1, 0.15) is 32.8 Å². The van der Waals surface area contributed by atoms with Gasteiger partial charge in [-0.15, -0.1) is 0 Å². The SMILES string of the molecule is CN1C(=O)[C@@]2(CC(C(C)(C)C)Oc3ccc(-c4cccc(OC(F)F)c4)cc32)N=C1N. The van der Waals surface area contributed by atoms with Crippen molar-refractivity contribution >= 4 is 11.9 Å². The first kappa shape index (κ1) is 21.1. The number of nitrogens with two attached hydrogens (primary N) is 1. The van der Waals surface area contributed by atoms with Gasteiger partial charge in [0, 0.05) is 19.0 Å². The third kappa shape index (κ3) is 3.60. The van der Waals surface area contributed by atoms with E-state index in [0.717, 1.165) is 5.56 Å². The molecule has 2 N–H and O–H groups in total. The number of likely N-dealkylation sites (N-methyl/N-ethyl adjacent to an activating group) is 1. The third-order valence-corrected chi connectivity index (χ3v) is 5.84. The Morgan fingerprint density at radius 3 is 2.55 bits per heavy atom. The zero-order valence-electron chi connectivity index (χ0n) is 17.9. The zero-order chi connectivity index (χ0) is 22.6. The van der Waals surface area contributed by atoms with E-state index < -0.39 is 12.2 Å². The summed E-state index contributed by atoms with van der Waals surface area (Å²) in [5, 5.41) is 0. The predicted octanol–water partition coefficient (Wildman–Crippen LogP) is 4.13. The lowest BCUT2D eigenvalue weighted by atomic mass is 9.74. The van der Waals surface area contributed by atoms with Crippen molar-refractivity contribution in [2.24, 2.45) is 16.1 Å². The van der Waals surface area contributed by atoms with E-state index in [-0.39, 0.29) is 29.1 Å². The molecule has 6 nitrogen and oxygen atoms in total. The van der Waals surface area contributed by atoms with Crippen LogP contribution in [-0.4, -0.2) is 36.5 Å². The fraction of sp³-hybridized carbons (Fsp3) is 0.391. The molecule has 2 aromatic carbocycles. The van der Waals surface area contributed by atoms with Gasteiger partial charge < -0.3 is 15.2 Å². The lowest BCUT2D eigenvalue weighted by Crippen LogP contribution is -2.48. The molecule has 1 unspecified atom stereocenters. The highest BCUT2D eigenvalue weighted by molar-refractivity contribution is 6.07. The van der Waals surface area contributed by atoms with Gasteiger partial charge in [0.15, 0.2) is 11.5 Å². The van der Waals surface area contributed by atoms with Crippen molar-refractivity contribution in [3.05, 3.63) is 48.0 Å². The van der Waals surface area contributed by atoms with E-state index in [9.17, 15) is 13.6 Å². The van der Waals surface area contributed by atoms with E-state index in [4.69, 9.17) is 10.5 Å². The summed E-state index contributed by atoms with van der Waals surface area (Å²) in [5.74, 6) is 0.567. The van der Waals surface area contributed by atoms with Gasteiger partial charge in [-0.05, 0) is 40.8 Å². The molecular weight excluding hydrogens is 404 g/mol. The molecule has 8 heteroatoms. The molecule has 1 spiro atoms. The molecule has 2 atom stereocenters. The van der Waals surface area contributed by atoms with Gasteiger partial charge in [0.05, 0.1) is 0 Å². The average molecular weight is 429 g/mol. The van der Waals surface area contributed by atoms with Crippen molar-refractivity contribution in [3.63, 3.8) is 0 Å². The number of amides is 1. The van der Waals surface area contributed by atoms with Crippen LogP contribution >= 0.6 is 0 Å². The normalized spacial score (nSPS) is 23.1. The molecule has 4 rings (SSSR count). The van der Waals surface area contributed by atoms with E-state index >= 15 is 0 Å². The van der Waals surface area contributed by atoms with Gasteiger partial charge in [0.1, 0.15) is 17.6 Å². The van der Waals surface area contributed by atoms with E-state index in [1.54, 1.807) is 25.2 Å². The average Bonchev–Trinajstić information content (AvgIpc) is 2.91. The topological polar surface area (TPSA) is 77.2 Å². The molecule has 0 saturated heterocycles. The number of benzene rings is 2. The molecule has 164 valence electrons. The third-order valence-electron chi connectivity index (χ3n) is 5.84. The molecule has 31 heavy (non-hydrogen) atoms. The van der Waals surface area contributed by atoms with Gasteiger partial charge in [0.25, 0.3) is 5.91 Å². The zero-order valence-corrected chi connectivity index (χ0v) is 17.9. The molecule has 0 fully saturated rings. The van der Waals surface area contributed by atoms with Crippen LogP contribution < -0.4 is 15.2 Å². The van der Waals surface area contributed by atoms with Crippen LogP contribution in [0, 0.1) is 5.41 Å². The highest BCUT2D eigenvalue weighted by Gasteiger charge is 2.55. The maximum absolute atomic E-state index is 13.3. The smallest absolute Gasteiger partial charge is 0.387 e. The molecule has 0 aliphatic carbocycles. The first-order valence-corrected chi connectivity index (χ1v) is 10.0. The molecular formula is C23H25F2N3O3. The van der Waals surface area contributed by atoms with Crippen LogP contribution in [-0.2, 0) is 10.3 Å². The summed E-state index contributed by atoms with van der Waals surface area (Å²) < 4.78 is 36.0. The van der Waals surface area contributed by atoms with E-state index in [1.807, 2.05) is 12.1 Å². The van der Waals surface area contributed by atoms with Crippen molar-refractivity contribution < 1.29 is 23.0 Å². The Bertz CT molecular complexity index is 1060. The van der Waals surface area contributed by atoms with E-state index in [0.29, 0.717) is 23.3 Å². The molecule has 0 radical (unpaired) electrons. The fourth-order valence-electron chi connectivity index (χ4n) is 4.05. The summed E-state index contributed by atoms with van der Waals surface area (Å²) in [4.78, 5) is 19.3. The van der Waals surface area contributed by atoms with Crippen LogP contribution in [0.15, 0.2) is 47.5 Å².